The van der Waals surface area contributed by atoms with E-state index in [0.717, 1.165) is 12.1 Å². The van der Waals surface area contributed by atoms with E-state index in [2.05, 4.69) is 21.1 Å². The highest BCUT2D eigenvalue weighted by molar-refractivity contribution is 6.31. The minimum atomic E-state index is -4.68. The number of carbonyl (C=O) groups is 2. The van der Waals surface area contributed by atoms with Crippen molar-refractivity contribution in [3.63, 3.8) is 0 Å². The van der Waals surface area contributed by atoms with Gasteiger partial charge in [0, 0.05) is 40.2 Å². The summed E-state index contributed by atoms with van der Waals surface area (Å²) in [7, 11) is 0. The number of alkyl halides is 3. The number of aromatic hydroxyl groups is 2. The number of nitrogens with zero attached hydrogens (tertiary/aromatic N) is 4. The molecule has 3 amide bonds. The average molecular weight is 802 g/mol. The van der Waals surface area contributed by atoms with Gasteiger partial charge in [-0.25, -0.2) is 15.6 Å². The lowest BCUT2D eigenvalue weighted by molar-refractivity contribution is -0.137. The Bertz CT molecular complexity index is 2550. The van der Waals surface area contributed by atoms with Crippen LogP contribution in [0.25, 0.3) is 33.2 Å². The average Bonchev–Trinajstić information content (AvgIpc) is 3.62. The van der Waals surface area contributed by atoms with Crippen LogP contribution in [0.3, 0.4) is 0 Å². The Morgan fingerprint density at radius 2 is 1.44 bits per heavy atom. The molecule has 0 aliphatic heterocycles. The summed E-state index contributed by atoms with van der Waals surface area (Å²) in [6.07, 6.45) is -3.85. The van der Waals surface area contributed by atoms with E-state index in [9.17, 15) is 38.1 Å². The van der Waals surface area contributed by atoms with Gasteiger partial charge in [-0.2, -0.15) is 23.4 Å². The van der Waals surface area contributed by atoms with Gasteiger partial charge in [-0.3, -0.25) is 13.9 Å². The number of benzene rings is 4. The fraction of sp³-hybridized carbons (Fsp3) is 0.220. The van der Waals surface area contributed by atoms with Gasteiger partial charge < -0.3 is 21.1 Å². The van der Waals surface area contributed by atoms with Crippen LogP contribution in [0, 0.1) is 6.92 Å². The molecule has 0 spiro atoms. The molecule has 4 aromatic carbocycles. The molecule has 0 bridgehead atoms. The van der Waals surface area contributed by atoms with Gasteiger partial charge in [0.1, 0.15) is 0 Å². The van der Waals surface area contributed by atoms with Crippen LogP contribution >= 0.6 is 11.6 Å². The molecule has 2 aromatic heterocycles. The van der Waals surface area contributed by atoms with Gasteiger partial charge in [0.2, 0.25) is 17.7 Å². The number of primary amides is 1. The number of aliphatic hydroxyl groups is 1. The van der Waals surface area contributed by atoms with Crippen LogP contribution < -0.4 is 16.6 Å². The van der Waals surface area contributed by atoms with Crippen molar-refractivity contribution in [3.8, 4) is 23.1 Å². The topological polar surface area (TPSA) is 179 Å². The second-order valence-corrected chi connectivity index (χ2v) is 13.7. The maximum atomic E-state index is 14.0. The number of hydrogen-bond acceptors (Lipinski definition) is 7. The number of aromatic nitrogens is 2. The first-order chi connectivity index (χ1) is 27.2. The SMILES string of the molecule is CCC(=NNC(N)=O)c1c(O)n(-c2cc(C)cc(CCC(=NNC(=O)CCCO)c3c(O)n(-c4ccccc4)c4cc(Cl)ccc34)c2)c2cc(C(F)(F)F)ccc12. The number of aryl methyl sites for hydroxylation is 2. The number of amides is 3. The number of nitrogens with one attached hydrogen (secondary N) is 2. The number of hydrogen-bond donors (Lipinski definition) is 6. The highest BCUT2D eigenvalue weighted by Crippen LogP contribution is 2.40. The smallest absolute Gasteiger partial charge is 0.416 e. The van der Waals surface area contributed by atoms with E-state index >= 15 is 0 Å². The Balaban J connectivity index is 1.47. The maximum absolute atomic E-state index is 14.0. The lowest BCUT2D eigenvalue weighted by atomic mass is 9.99. The molecule has 2 heterocycles. The first kappa shape index (κ1) is 40.3. The molecule has 6 aromatic rings. The fourth-order valence-electron chi connectivity index (χ4n) is 6.84. The van der Waals surface area contributed by atoms with Gasteiger partial charge in [-0.15, -0.1) is 0 Å². The zero-order valence-electron chi connectivity index (χ0n) is 30.9. The minimum absolute atomic E-state index is 0.0112. The van der Waals surface area contributed by atoms with Crippen molar-refractivity contribution in [2.75, 3.05) is 6.61 Å². The van der Waals surface area contributed by atoms with Crippen LogP contribution in [0.1, 0.15) is 60.4 Å². The van der Waals surface area contributed by atoms with Crippen LogP contribution in [0.5, 0.6) is 11.8 Å². The summed E-state index contributed by atoms with van der Waals surface area (Å²) < 4.78 is 45.0. The predicted octanol–water partition coefficient (Wildman–Crippen LogP) is 7.97. The highest BCUT2D eigenvalue weighted by Gasteiger charge is 2.32. The summed E-state index contributed by atoms with van der Waals surface area (Å²) >= 11 is 6.42. The molecule has 0 atom stereocenters. The second kappa shape index (κ2) is 16.8. The molecule has 0 aliphatic rings. The first-order valence-corrected chi connectivity index (χ1v) is 18.3. The summed E-state index contributed by atoms with van der Waals surface area (Å²) in [5, 5.41) is 42.7. The van der Waals surface area contributed by atoms with Gasteiger partial charge in [-0.05, 0) is 92.3 Å². The van der Waals surface area contributed by atoms with Crippen molar-refractivity contribution in [1.29, 1.82) is 0 Å². The number of halogens is 4. The van der Waals surface area contributed by atoms with Crippen molar-refractivity contribution in [2.45, 2.75) is 52.1 Å². The minimum Gasteiger partial charge on any atom is -0.494 e. The van der Waals surface area contributed by atoms with Crippen LogP contribution in [-0.4, -0.2) is 54.4 Å². The molecule has 296 valence electrons. The zero-order valence-corrected chi connectivity index (χ0v) is 31.6. The Morgan fingerprint density at radius 1 is 0.807 bits per heavy atom. The molecule has 6 rings (SSSR count). The number of aliphatic hydroxyl groups excluding tert-OH is 1. The van der Waals surface area contributed by atoms with Gasteiger partial charge in [0.05, 0.1) is 39.1 Å². The largest absolute Gasteiger partial charge is 0.494 e. The Labute approximate surface area is 329 Å². The van der Waals surface area contributed by atoms with Crippen molar-refractivity contribution in [1.82, 2.24) is 20.0 Å². The third kappa shape index (κ3) is 8.59. The maximum Gasteiger partial charge on any atom is 0.416 e. The first-order valence-electron chi connectivity index (χ1n) is 17.9. The van der Waals surface area contributed by atoms with Crippen molar-refractivity contribution in [2.24, 2.45) is 15.9 Å². The number of nitrogens with two attached hydrogens (primary N) is 1. The molecule has 57 heavy (non-hydrogen) atoms. The molecule has 12 nitrogen and oxygen atoms in total. The van der Waals surface area contributed by atoms with Crippen LogP contribution in [0.15, 0.2) is 95.1 Å². The van der Waals surface area contributed by atoms with E-state index in [1.165, 1.54) is 10.6 Å². The van der Waals surface area contributed by atoms with Gasteiger partial charge >= 0.3 is 12.2 Å². The molecule has 0 radical (unpaired) electrons. The standard InChI is InChI=1S/C41H39ClF3N7O5/c1-3-31(47-50-40(46)57)36-29-14-12-25(41(43,44)45)21-33(29)52(38(36)55)28-19-23(2)18-24(20-28)11-16-32(48-49-35(54)10-7-17-53)37-30-15-13-26(42)22-34(30)51(39(37)56)27-8-5-4-6-9-27/h4-6,8-9,12-15,18-22,53,55-56H,3,7,10-11,16-17H2,1-2H3,(H,49,54)(H3,46,50,57). The molecule has 0 fully saturated rings. The van der Waals surface area contributed by atoms with Crippen LogP contribution in [0.2, 0.25) is 5.02 Å². The van der Waals surface area contributed by atoms with Crippen molar-refractivity contribution in [3.05, 3.63) is 118 Å². The van der Waals surface area contributed by atoms with E-state index in [0.29, 0.717) is 49.7 Å². The molecular weight excluding hydrogens is 763 g/mol. The van der Waals surface area contributed by atoms with Crippen molar-refractivity contribution < 1.29 is 38.1 Å². The lowest BCUT2D eigenvalue weighted by Gasteiger charge is -2.14. The number of rotatable bonds is 13. The number of urea groups is 1. The molecule has 0 aliphatic carbocycles. The monoisotopic (exact) mass is 801 g/mol. The Kier molecular flexibility index (Phi) is 11.9. The third-order valence-electron chi connectivity index (χ3n) is 9.31. The predicted molar refractivity (Wildman–Crippen MR) is 213 cm³/mol. The Hall–Kier alpha value is -6.32. The molecule has 0 unspecified atom stereocenters. The fourth-order valence-corrected chi connectivity index (χ4v) is 7.01. The van der Waals surface area contributed by atoms with E-state index in [-0.39, 0.29) is 66.8 Å². The van der Waals surface area contributed by atoms with E-state index in [4.69, 9.17) is 17.3 Å². The van der Waals surface area contributed by atoms with Gasteiger partial charge in [0.25, 0.3) is 0 Å². The number of carbonyl (C=O) groups excluding carboxylic acids is 2. The summed E-state index contributed by atoms with van der Waals surface area (Å²) in [5.74, 6) is -1.00. The van der Waals surface area contributed by atoms with E-state index in [1.54, 1.807) is 48.7 Å². The second-order valence-electron chi connectivity index (χ2n) is 13.3. The van der Waals surface area contributed by atoms with E-state index in [1.807, 2.05) is 36.4 Å². The number of para-hydroxylation sites is 1. The zero-order chi connectivity index (χ0) is 41.0. The van der Waals surface area contributed by atoms with Crippen LogP contribution in [0.4, 0.5) is 18.0 Å². The molecule has 0 saturated heterocycles. The van der Waals surface area contributed by atoms with E-state index < -0.39 is 29.6 Å². The van der Waals surface area contributed by atoms with Crippen LogP contribution in [-0.2, 0) is 17.4 Å². The molecule has 0 saturated carbocycles. The molecule has 16 heteroatoms. The quantitative estimate of drug-likeness (QED) is 0.0511. The molecule has 7 N–H and O–H groups in total. The van der Waals surface area contributed by atoms with Gasteiger partial charge in [0.15, 0.2) is 0 Å². The lowest BCUT2D eigenvalue weighted by Crippen LogP contribution is -2.25. The highest BCUT2D eigenvalue weighted by atomic mass is 35.5. The van der Waals surface area contributed by atoms with Crippen molar-refractivity contribution >= 4 is 56.8 Å². The summed E-state index contributed by atoms with van der Waals surface area (Å²) in [4.78, 5) is 24.2. The molecular formula is C41H39ClF3N7O5. The summed E-state index contributed by atoms with van der Waals surface area (Å²) in [6, 6.07) is 21.7. The summed E-state index contributed by atoms with van der Waals surface area (Å²) in [6.45, 7) is 3.32. The number of hydrazone groups is 2. The Morgan fingerprint density at radius 3 is 2.09 bits per heavy atom. The van der Waals surface area contributed by atoms with Gasteiger partial charge in [-0.1, -0.05) is 54.9 Å². The third-order valence-corrected chi connectivity index (χ3v) is 9.55. The summed E-state index contributed by atoms with van der Waals surface area (Å²) in [5.41, 5.74) is 13.0. The normalized spacial score (nSPS) is 12.4. The number of fused-ring (bicyclic) bond motifs is 2.